The highest BCUT2D eigenvalue weighted by Gasteiger charge is 2.30. The first-order valence-electron chi connectivity index (χ1n) is 10.4. The van der Waals surface area contributed by atoms with Gasteiger partial charge in [0.25, 0.3) is 0 Å². The number of para-hydroxylation sites is 2. The van der Waals surface area contributed by atoms with Gasteiger partial charge < -0.3 is 9.64 Å². The second kappa shape index (κ2) is 8.40. The topological polar surface area (TPSA) is 58.6 Å². The van der Waals surface area contributed by atoms with Crippen molar-refractivity contribution >= 4 is 22.8 Å². The molecule has 6 nitrogen and oxygen atoms in total. The van der Waals surface area contributed by atoms with Gasteiger partial charge in [-0.15, -0.1) is 0 Å². The van der Waals surface area contributed by atoms with E-state index in [1.54, 1.807) is 0 Å². The van der Waals surface area contributed by atoms with Gasteiger partial charge in [0.15, 0.2) is 0 Å². The van der Waals surface area contributed by atoms with Crippen LogP contribution in [0.25, 0.3) is 11.0 Å². The largest absolute Gasteiger partial charge is 0.427 e. The SMILES string of the molecule is CC(=O)Oc1cc(C)cc(CN2C(C)CN(c3cnc4ccccc4n3)CC2C)c1. The second-order valence-corrected chi connectivity index (χ2v) is 8.24. The molecule has 2 aromatic carbocycles. The van der Waals surface area contributed by atoms with E-state index in [1.807, 2.05) is 49.5 Å². The van der Waals surface area contributed by atoms with Crippen LogP contribution in [0.4, 0.5) is 5.82 Å². The Balaban J connectivity index is 1.50. The highest BCUT2D eigenvalue weighted by atomic mass is 16.5. The lowest BCUT2D eigenvalue weighted by Crippen LogP contribution is -2.56. The Bertz CT molecular complexity index is 1060. The number of hydrogen-bond acceptors (Lipinski definition) is 6. The first-order valence-corrected chi connectivity index (χ1v) is 10.4. The van der Waals surface area contributed by atoms with E-state index >= 15 is 0 Å². The van der Waals surface area contributed by atoms with Crippen LogP contribution in [-0.2, 0) is 11.3 Å². The lowest BCUT2D eigenvalue weighted by molar-refractivity contribution is -0.131. The maximum atomic E-state index is 11.3. The molecule has 0 aliphatic carbocycles. The molecule has 2 unspecified atom stereocenters. The summed E-state index contributed by atoms with van der Waals surface area (Å²) in [6.07, 6.45) is 1.88. The molecule has 1 aliphatic heterocycles. The van der Waals surface area contributed by atoms with E-state index < -0.39 is 0 Å². The summed E-state index contributed by atoms with van der Waals surface area (Å²) in [5.74, 6) is 1.25. The maximum absolute atomic E-state index is 11.3. The minimum Gasteiger partial charge on any atom is -0.427 e. The number of hydrogen-bond donors (Lipinski definition) is 0. The summed E-state index contributed by atoms with van der Waals surface area (Å²) in [4.78, 5) is 25.6. The molecular weight excluding hydrogens is 376 g/mol. The monoisotopic (exact) mass is 404 g/mol. The van der Waals surface area contributed by atoms with E-state index in [-0.39, 0.29) is 5.97 Å². The van der Waals surface area contributed by atoms with Crippen molar-refractivity contribution in [3.8, 4) is 5.75 Å². The lowest BCUT2D eigenvalue weighted by atomic mass is 10.0. The van der Waals surface area contributed by atoms with Crippen molar-refractivity contribution in [2.45, 2.75) is 46.3 Å². The number of rotatable bonds is 4. The van der Waals surface area contributed by atoms with Gasteiger partial charge in [0.2, 0.25) is 0 Å². The second-order valence-electron chi connectivity index (χ2n) is 8.24. The number of carbonyl (C=O) groups excluding carboxylic acids is 1. The Labute approximate surface area is 177 Å². The number of anilines is 1. The van der Waals surface area contributed by atoms with Gasteiger partial charge in [-0.1, -0.05) is 18.2 Å². The van der Waals surface area contributed by atoms with Crippen LogP contribution >= 0.6 is 0 Å². The molecule has 6 heteroatoms. The number of aromatic nitrogens is 2. The minimum absolute atomic E-state index is 0.293. The van der Waals surface area contributed by atoms with E-state index in [4.69, 9.17) is 9.72 Å². The molecule has 0 bridgehead atoms. The predicted octanol–water partition coefficient (Wildman–Crippen LogP) is 3.96. The molecule has 0 spiro atoms. The third-order valence-corrected chi connectivity index (χ3v) is 5.60. The van der Waals surface area contributed by atoms with E-state index in [0.29, 0.717) is 17.8 Å². The fourth-order valence-corrected chi connectivity index (χ4v) is 4.31. The highest BCUT2D eigenvalue weighted by molar-refractivity contribution is 5.75. The average Bonchev–Trinajstić information content (AvgIpc) is 2.69. The van der Waals surface area contributed by atoms with Gasteiger partial charge in [-0.2, -0.15) is 0 Å². The Morgan fingerprint density at radius 3 is 2.50 bits per heavy atom. The van der Waals surface area contributed by atoms with Gasteiger partial charge in [0, 0.05) is 38.6 Å². The average molecular weight is 405 g/mol. The van der Waals surface area contributed by atoms with Gasteiger partial charge in [-0.3, -0.25) is 14.7 Å². The van der Waals surface area contributed by atoms with Crippen molar-refractivity contribution in [1.29, 1.82) is 0 Å². The molecule has 1 saturated heterocycles. The Morgan fingerprint density at radius 1 is 1.10 bits per heavy atom. The summed E-state index contributed by atoms with van der Waals surface area (Å²) in [6, 6.07) is 14.7. The normalized spacial score (nSPS) is 19.8. The van der Waals surface area contributed by atoms with Gasteiger partial charge in [-0.05, 0) is 56.2 Å². The predicted molar refractivity (Wildman–Crippen MR) is 119 cm³/mol. The van der Waals surface area contributed by atoms with Gasteiger partial charge in [0.05, 0.1) is 17.2 Å². The van der Waals surface area contributed by atoms with Crippen molar-refractivity contribution < 1.29 is 9.53 Å². The number of piperazine rings is 1. The number of fused-ring (bicyclic) bond motifs is 1. The van der Waals surface area contributed by atoms with E-state index in [9.17, 15) is 4.79 Å². The maximum Gasteiger partial charge on any atom is 0.308 e. The molecule has 4 rings (SSSR count). The fraction of sp³-hybridized carbons (Fsp3) is 0.375. The van der Waals surface area contributed by atoms with Crippen LogP contribution < -0.4 is 9.64 Å². The van der Waals surface area contributed by atoms with Crippen molar-refractivity contribution in [3.05, 3.63) is 59.8 Å². The number of nitrogens with zero attached hydrogens (tertiary/aromatic N) is 4. The van der Waals surface area contributed by atoms with Crippen LogP contribution in [0.1, 0.15) is 31.9 Å². The standard InChI is InChI=1S/C24H28N4O2/c1-16-9-20(11-21(10-16)30-19(4)29)15-28-17(2)13-27(14-18(28)3)24-12-25-22-7-5-6-8-23(22)26-24/h5-12,17-18H,13-15H2,1-4H3. The highest BCUT2D eigenvalue weighted by Crippen LogP contribution is 2.25. The molecule has 0 saturated carbocycles. The summed E-state index contributed by atoms with van der Waals surface area (Å²) >= 11 is 0. The van der Waals surface area contributed by atoms with Gasteiger partial charge in [-0.25, -0.2) is 4.98 Å². The number of esters is 1. The summed E-state index contributed by atoms with van der Waals surface area (Å²) in [6.45, 7) is 10.6. The first kappa shape index (κ1) is 20.3. The molecule has 3 aromatic rings. The van der Waals surface area contributed by atoms with Crippen LogP contribution in [0.3, 0.4) is 0 Å². The van der Waals surface area contributed by atoms with E-state index in [1.165, 1.54) is 6.92 Å². The number of carbonyl (C=O) groups is 1. The summed E-state index contributed by atoms with van der Waals surface area (Å²) < 4.78 is 5.31. The molecule has 0 radical (unpaired) electrons. The molecular formula is C24H28N4O2. The molecule has 1 aromatic heterocycles. The first-order chi connectivity index (χ1) is 14.4. The minimum atomic E-state index is -0.293. The van der Waals surface area contributed by atoms with Crippen LogP contribution in [-0.4, -0.2) is 46.0 Å². The zero-order valence-corrected chi connectivity index (χ0v) is 18.0. The lowest BCUT2D eigenvalue weighted by Gasteiger charge is -2.45. The molecule has 0 N–H and O–H groups in total. The van der Waals surface area contributed by atoms with E-state index in [0.717, 1.165) is 47.6 Å². The van der Waals surface area contributed by atoms with E-state index in [2.05, 4.69) is 34.7 Å². The third kappa shape index (κ3) is 4.44. The van der Waals surface area contributed by atoms with Crippen molar-refractivity contribution in [3.63, 3.8) is 0 Å². The third-order valence-electron chi connectivity index (χ3n) is 5.60. The quantitative estimate of drug-likeness (QED) is 0.485. The molecule has 30 heavy (non-hydrogen) atoms. The number of benzene rings is 2. The van der Waals surface area contributed by atoms with Crippen LogP contribution in [0, 0.1) is 6.92 Å². The van der Waals surface area contributed by atoms with Crippen molar-refractivity contribution in [1.82, 2.24) is 14.9 Å². The molecule has 1 fully saturated rings. The molecule has 2 atom stereocenters. The van der Waals surface area contributed by atoms with Gasteiger partial charge >= 0.3 is 5.97 Å². The zero-order chi connectivity index (χ0) is 21.3. The molecule has 2 heterocycles. The zero-order valence-electron chi connectivity index (χ0n) is 18.0. The van der Waals surface area contributed by atoms with Crippen LogP contribution in [0.2, 0.25) is 0 Å². The van der Waals surface area contributed by atoms with Crippen molar-refractivity contribution in [2.24, 2.45) is 0 Å². The molecule has 156 valence electrons. The Kier molecular flexibility index (Phi) is 5.68. The number of ether oxygens (including phenoxy) is 1. The smallest absolute Gasteiger partial charge is 0.308 e. The summed E-state index contributed by atoms with van der Waals surface area (Å²) in [5.41, 5.74) is 4.09. The van der Waals surface area contributed by atoms with Crippen LogP contribution in [0.15, 0.2) is 48.7 Å². The summed E-state index contributed by atoms with van der Waals surface area (Å²) in [5, 5.41) is 0. The van der Waals surface area contributed by atoms with Crippen molar-refractivity contribution in [2.75, 3.05) is 18.0 Å². The van der Waals surface area contributed by atoms with Gasteiger partial charge in [0.1, 0.15) is 11.6 Å². The Morgan fingerprint density at radius 2 is 1.80 bits per heavy atom. The van der Waals surface area contributed by atoms with Crippen LogP contribution in [0.5, 0.6) is 5.75 Å². The fourth-order valence-electron chi connectivity index (χ4n) is 4.31. The summed E-state index contributed by atoms with van der Waals surface area (Å²) in [7, 11) is 0. The molecule has 0 amide bonds. The molecule has 1 aliphatic rings. The Hall–Kier alpha value is -2.99. The number of aryl methyl sites for hydroxylation is 1.